The Labute approximate surface area is 180 Å². The van der Waals surface area contributed by atoms with Crippen molar-refractivity contribution in [1.82, 2.24) is 0 Å². The zero-order chi connectivity index (χ0) is 18.3. The van der Waals surface area contributed by atoms with E-state index in [-0.39, 0.29) is 24.8 Å². The van der Waals surface area contributed by atoms with E-state index in [1.807, 2.05) is 13.0 Å². The molecule has 25 heavy (non-hydrogen) atoms. The second kappa shape index (κ2) is 13.3. The zero-order valence-electron chi connectivity index (χ0n) is 16.5. The number of rotatable bonds is 2. The van der Waals surface area contributed by atoms with Crippen LogP contribution >= 0.6 is 0 Å². The van der Waals surface area contributed by atoms with Crippen molar-refractivity contribution in [2.24, 2.45) is 0 Å². The molecule has 2 rings (SSSR count). The summed E-state index contributed by atoms with van der Waals surface area (Å²) in [7, 11) is -2.26. The van der Waals surface area contributed by atoms with Crippen LogP contribution in [0.4, 0.5) is 0 Å². The third-order valence-electron chi connectivity index (χ3n) is 3.43. The minimum absolute atomic E-state index is 0. The van der Waals surface area contributed by atoms with Gasteiger partial charge in [0.1, 0.15) is 5.75 Å². The van der Waals surface area contributed by atoms with Crippen LogP contribution in [0.5, 0.6) is 5.75 Å². The fourth-order valence-electron chi connectivity index (χ4n) is 2.12. The van der Waals surface area contributed by atoms with Gasteiger partial charge in [0, 0.05) is 8.07 Å². The summed E-state index contributed by atoms with van der Waals surface area (Å²) < 4.78 is 0. The molecule has 1 aromatic carbocycles. The second-order valence-electron chi connectivity index (χ2n) is 7.75. The maximum Gasteiger partial charge on any atom is -1.00 e. The van der Waals surface area contributed by atoms with E-state index in [1.54, 1.807) is 26.0 Å². The summed E-state index contributed by atoms with van der Waals surface area (Å²) in [4.78, 5) is 3.25. The minimum Gasteiger partial charge on any atom is -1.00 e. The summed E-state index contributed by atoms with van der Waals surface area (Å²) in [6, 6.07) is 5.86. The van der Waals surface area contributed by atoms with Crippen LogP contribution in [0, 0.1) is 13.0 Å². The molecular weight excluding hydrogens is 419 g/mol. The second-order valence-corrected chi connectivity index (χ2v) is 17.9. The first kappa shape index (κ1) is 29.8. The van der Waals surface area contributed by atoms with Gasteiger partial charge in [0.2, 0.25) is 0 Å². The topological polar surface area (TPSA) is 20.2 Å². The molecule has 0 saturated carbocycles. The molecule has 0 unspecified atom stereocenters. The summed E-state index contributed by atoms with van der Waals surface area (Å²) in [5, 5.41) is 12.2. The fraction of sp³-hybridized carbons (Fsp3) is 0.421. The predicted molar refractivity (Wildman–Crippen MR) is 107 cm³/mol. The monoisotopic (exact) mass is 449 g/mol. The van der Waals surface area contributed by atoms with Crippen molar-refractivity contribution in [2.75, 3.05) is 0 Å². The van der Waals surface area contributed by atoms with Crippen LogP contribution in [0.3, 0.4) is 0 Å². The van der Waals surface area contributed by atoms with E-state index < -0.39 is 16.1 Å². The van der Waals surface area contributed by atoms with Crippen molar-refractivity contribution in [2.45, 2.75) is 52.6 Å². The van der Waals surface area contributed by atoms with Gasteiger partial charge in [-0.05, 0) is 24.6 Å². The van der Waals surface area contributed by atoms with Gasteiger partial charge in [0.25, 0.3) is 0 Å². The third kappa shape index (κ3) is 12.2. The fourth-order valence-corrected chi connectivity index (χ4v) is 4.61. The average molecular weight is 450 g/mol. The molecule has 0 atom stereocenters. The molecule has 0 radical (unpaired) electrons. The first-order chi connectivity index (χ1) is 10.5. The predicted octanol–water partition coefficient (Wildman–Crippen LogP) is -1.23. The Morgan fingerprint density at radius 3 is 1.76 bits per heavy atom. The van der Waals surface area contributed by atoms with Crippen molar-refractivity contribution in [3.8, 4) is 5.75 Å². The molecule has 1 aliphatic rings. The summed E-state index contributed by atoms with van der Waals surface area (Å²) in [6.45, 7) is 15.9. The van der Waals surface area contributed by atoms with Crippen LogP contribution in [-0.2, 0) is 20.0 Å². The van der Waals surface area contributed by atoms with E-state index in [1.165, 1.54) is 10.4 Å². The Hall–Kier alpha value is 0.0981. The number of hydrogen-bond donors (Lipinski definition) is 1. The van der Waals surface area contributed by atoms with Crippen LogP contribution in [-0.4, -0.2) is 26.1 Å². The van der Waals surface area contributed by atoms with Gasteiger partial charge in [-0.15, -0.1) is 6.42 Å². The molecule has 0 amide bonds. The maximum absolute atomic E-state index is 9.38. The number of allylic oxidation sites excluding steroid dienone is 4. The van der Waals surface area contributed by atoms with Gasteiger partial charge in [-0.3, -0.25) is 6.08 Å². The van der Waals surface area contributed by atoms with E-state index in [2.05, 4.69) is 68.4 Å². The molecule has 1 aromatic rings. The van der Waals surface area contributed by atoms with Crippen molar-refractivity contribution in [1.29, 1.82) is 0 Å². The molecule has 0 saturated heterocycles. The first-order valence-electron chi connectivity index (χ1n) is 7.94. The number of aryl methyl sites for hydroxylation is 1. The number of phenolic OH excluding ortho intramolecular Hbond substituents is 1. The molecule has 141 valence electrons. The molecular formula is C19H31Cl2OSi2Ti-2. The normalized spacial score (nSPS) is 12.4. The molecule has 0 aliphatic heterocycles. The summed E-state index contributed by atoms with van der Waals surface area (Å²) in [5.74, 6) is 0.396. The Morgan fingerprint density at radius 1 is 0.960 bits per heavy atom. The molecule has 1 nitrogen and oxygen atoms in total. The van der Waals surface area contributed by atoms with E-state index in [4.69, 9.17) is 0 Å². The molecule has 1 N–H and O–H groups in total. The van der Waals surface area contributed by atoms with E-state index in [9.17, 15) is 5.11 Å². The van der Waals surface area contributed by atoms with E-state index in [0.29, 0.717) is 5.75 Å². The number of benzene rings is 1. The molecule has 0 bridgehead atoms. The largest absolute Gasteiger partial charge is 1.00 e. The van der Waals surface area contributed by atoms with Crippen LogP contribution in [0.1, 0.15) is 12.0 Å². The number of aromatic hydroxyl groups is 1. The van der Waals surface area contributed by atoms with Gasteiger partial charge in [0.05, 0.1) is 8.07 Å². The van der Waals surface area contributed by atoms with E-state index >= 15 is 0 Å². The summed E-state index contributed by atoms with van der Waals surface area (Å²) in [6.07, 6.45) is 8.82. The van der Waals surface area contributed by atoms with Crippen molar-refractivity contribution in [3.63, 3.8) is 0 Å². The number of phenols is 1. The SMILES string of the molecule is C[Si](C)(C)C1=[C-]CC=C1.Cc1cc(O)cc([Si](C)(C)C)c1.[CH2]=[Ti+].[Cl-].[Cl-]. The maximum atomic E-state index is 9.38. The third-order valence-corrected chi connectivity index (χ3v) is 7.41. The average Bonchev–Trinajstić information content (AvgIpc) is 2.93. The number of halogens is 2. The molecule has 6 heteroatoms. The van der Waals surface area contributed by atoms with Gasteiger partial charge in [-0.25, -0.2) is 11.3 Å². The van der Waals surface area contributed by atoms with Crippen LogP contribution in [0.25, 0.3) is 0 Å². The Balaban J connectivity index is -0.000000336. The first-order valence-corrected chi connectivity index (χ1v) is 16.0. The van der Waals surface area contributed by atoms with Crippen molar-refractivity contribution in [3.05, 3.63) is 47.2 Å². The standard InChI is InChI=1S/C10H16OSi.C8H13Si.CH2.2ClH.Ti/c1-8-5-9(11)7-10(6-8)12(2,3)4;1-9(2,3)8-6-4-5-7-8;;;;/h5-7,11H,1-4H3;4,6H,5H2,1-3H3;1H2;2*1H;/q;-1;;;;+1/p-2. The van der Waals surface area contributed by atoms with Gasteiger partial charge >= 0.3 is 24.8 Å². The smallest absolute Gasteiger partial charge is 1.00 e. The van der Waals surface area contributed by atoms with Gasteiger partial charge < -0.3 is 29.9 Å². The minimum atomic E-state index is -1.26. The Bertz CT molecular complexity index is 554. The Kier molecular flexibility index (Phi) is 15.9. The summed E-state index contributed by atoms with van der Waals surface area (Å²) in [5.41, 5.74) is 1.15. The summed E-state index contributed by atoms with van der Waals surface area (Å²) >= 11 is 1.75. The van der Waals surface area contributed by atoms with E-state index in [0.717, 1.165) is 12.0 Å². The van der Waals surface area contributed by atoms with Crippen molar-refractivity contribution >= 4 is 26.2 Å². The van der Waals surface area contributed by atoms with Gasteiger partial charge in [-0.2, -0.15) is 6.08 Å². The van der Waals surface area contributed by atoms with Gasteiger partial charge in [0.15, 0.2) is 0 Å². The molecule has 0 aromatic heterocycles. The van der Waals surface area contributed by atoms with Crippen molar-refractivity contribution < 1.29 is 49.9 Å². The molecule has 0 heterocycles. The molecule has 0 spiro atoms. The molecule has 1 aliphatic carbocycles. The number of hydrogen-bond acceptors (Lipinski definition) is 1. The Morgan fingerprint density at radius 2 is 1.48 bits per heavy atom. The van der Waals surface area contributed by atoms with Gasteiger partial charge in [-0.1, -0.05) is 50.5 Å². The molecule has 0 fully saturated rings. The van der Waals surface area contributed by atoms with Crippen LogP contribution in [0.2, 0.25) is 39.3 Å². The zero-order valence-corrected chi connectivity index (χ0v) is 21.6. The van der Waals surface area contributed by atoms with Crippen LogP contribution < -0.4 is 30.0 Å². The quantitative estimate of drug-likeness (QED) is 0.442. The van der Waals surface area contributed by atoms with Crippen LogP contribution in [0.15, 0.2) is 35.5 Å².